The van der Waals surface area contributed by atoms with E-state index in [2.05, 4.69) is 26.2 Å². The number of β-amino-alcohol motifs (C(OH)–C–C–N with tert-alkyl or cyclic N) is 1. The van der Waals surface area contributed by atoms with Crippen molar-refractivity contribution in [3.05, 3.63) is 17.6 Å². The van der Waals surface area contributed by atoms with E-state index < -0.39 is 36.1 Å². The van der Waals surface area contributed by atoms with Gasteiger partial charge in [-0.3, -0.25) is 19.9 Å². The molecule has 4 heterocycles. The normalized spacial score (nSPS) is 29.6. The molecule has 3 aliphatic rings. The standard InChI is InChI=1S/C19H28N10O5/c1-8-10(3-27-4-11(12(30)5-27)24-19(20)21)16(18(33)34)29-15(8)14(17(29)32)9(2)23-13(31)6-28-7-22-25-26-28/h7-9,11-12,14-15,30H,3-6H2,1-2H3,(H,23,31)(H,33,34)(H4,20,21,24)/t8-,9?,11-,12-,14+,15+/m0/s1. The number of fused-ring (bicyclic) bond motifs is 1. The van der Waals surface area contributed by atoms with Gasteiger partial charge in [0.1, 0.15) is 18.6 Å². The highest BCUT2D eigenvalue weighted by atomic mass is 16.4. The number of aromatic nitrogens is 4. The van der Waals surface area contributed by atoms with Crippen molar-refractivity contribution in [3.8, 4) is 0 Å². The maximum Gasteiger partial charge on any atom is 0.352 e. The Kier molecular flexibility index (Phi) is 6.22. The van der Waals surface area contributed by atoms with Gasteiger partial charge < -0.3 is 31.5 Å². The molecule has 184 valence electrons. The Bertz CT molecular complexity index is 1030. The molecule has 0 spiro atoms. The molecule has 7 N–H and O–H groups in total. The average molecular weight is 476 g/mol. The van der Waals surface area contributed by atoms with Gasteiger partial charge in [0.05, 0.1) is 24.1 Å². The Hall–Kier alpha value is -3.59. The molecule has 2 fully saturated rings. The Balaban J connectivity index is 1.45. The molecule has 1 aromatic heterocycles. The van der Waals surface area contributed by atoms with E-state index in [0.717, 1.165) is 0 Å². The number of β-lactam (4-membered cyclic amide) rings is 1. The molecule has 0 aromatic carbocycles. The molecule has 1 aromatic rings. The van der Waals surface area contributed by atoms with Crippen molar-refractivity contribution in [1.82, 2.24) is 40.6 Å². The highest BCUT2D eigenvalue weighted by molar-refractivity contribution is 6.00. The van der Waals surface area contributed by atoms with E-state index in [1.54, 1.807) is 6.92 Å². The van der Waals surface area contributed by atoms with Crippen molar-refractivity contribution >= 4 is 23.7 Å². The number of guanidine groups is 1. The second-order valence-electron chi connectivity index (χ2n) is 8.98. The fourth-order valence-corrected chi connectivity index (χ4v) is 5.24. The number of nitrogens with two attached hydrogens (primary N) is 1. The molecule has 0 radical (unpaired) electrons. The highest BCUT2D eigenvalue weighted by Gasteiger charge is 2.60. The lowest BCUT2D eigenvalue weighted by atomic mass is 9.76. The number of likely N-dealkylation sites (tertiary alicyclic amines) is 1. The lowest BCUT2D eigenvalue weighted by Crippen LogP contribution is -2.66. The summed E-state index contributed by atoms with van der Waals surface area (Å²) in [6, 6.07) is -1.35. The van der Waals surface area contributed by atoms with Gasteiger partial charge in [-0.2, -0.15) is 0 Å². The van der Waals surface area contributed by atoms with Crippen LogP contribution in [0.25, 0.3) is 0 Å². The van der Waals surface area contributed by atoms with Crippen LogP contribution in [0.2, 0.25) is 0 Å². The molecule has 2 amide bonds. The first-order valence-corrected chi connectivity index (χ1v) is 10.9. The van der Waals surface area contributed by atoms with Crippen molar-refractivity contribution in [2.45, 2.75) is 44.6 Å². The number of tetrazole rings is 1. The van der Waals surface area contributed by atoms with Gasteiger partial charge >= 0.3 is 5.97 Å². The summed E-state index contributed by atoms with van der Waals surface area (Å²) >= 11 is 0. The third-order valence-corrected chi connectivity index (χ3v) is 6.72. The fourth-order valence-electron chi connectivity index (χ4n) is 5.24. The van der Waals surface area contributed by atoms with Gasteiger partial charge in [-0.25, -0.2) is 9.48 Å². The summed E-state index contributed by atoms with van der Waals surface area (Å²) in [6.45, 7) is 4.39. The van der Waals surface area contributed by atoms with Gasteiger partial charge in [-0.05, 0) is 22.9 Å². The van der Waals surface area contributed by atoms with Crippen molar-refractivity contribution in [2.24, 2.45) is 17.6 Å². The van der Waals surface area contributed by atoms with Gasteiger partial charge in [0.15, 0.2) is 5.96 Å². The third-order valence-electron chi connectivity index (χ3n) is 6.72. The number of amides is 2. The Morgan fingerprint density at radius 3 is 2.74 bits per heavy atom. The van der Waals surface area contributed by atoms with E-state index in [1.807, 2.05) is 11.8 Å². The summed E-state index contributed by atoms with van der Waals surface area (Å²) in [4.78, 5) is 40.6. The van der Waals surface area contributed by atoms with Gasteiger partial charge in [0, 0.05) is 31.6 Å². The van der Waals surface area contributed by atoms with E-state index in [1.165, 1.54) is 15.9 Å². The van der Waals surface area contributed by atoms with Gasteiger partial charge in [0.2, 0.25) is 11.8 Å². The van der Waals surface area contributed by atoms with Crippen LogP contribution in [0.15, 0.2) is 17.6 Å². The van der Waals surface area contributed by atoms with Crippen molar-refractivity contribution in [1.29, 1.82) is 5.41 Å². The van der Waals surface area contributed by atoms with Gasteiger partial charge in [-0.1, -0.05) is 6.92 Å². The number of nitrogens with one attached hydrogen (secondary N) is 3. The molecule has 6 atom stereocenters. The molecule has 0 aliphatic carbocycles. The first kappa shape index (κ1) is 23.6. The lowest BCUT2D eigenvalue weighted by Gasteiger charge is -2.47. The molecule has 1 unspecified atom stereocenters. The maximum absolute atomic E-state index is 13.0. The first-order chi connectivity index (χ1) is 16.1. The summed E-state index contributed by atoms with van der Waals surface area (Å²) in [5.41, 5.74) is 5.93. The molecule has 34 heavy (non-hydrogen) atoms. The monoisotopic (exact) mass is 476 g/mol. The quantitative estimate of drug-likeness (QED) is 0.123. The number of carbonyl (C=O) groups excluding carboxylic acids is 2. The largest absolute Gasteiger partial charge is 0.477 e. The number of carbonyl (C=O) groups is 3. The van der Waals surface area contributed by atoms with Crippen LogP contribution in [0.4, 0.5) is 0 Å². The number of hydrogen-bond donors (Lipinski definition) is 6. The fraction of sp³-hybridized carbons (Fsp3) is 0.632. The lowest BCUT2D eigenvalue weighted by molar-refractivity contribution is -0.158. The number of aliphatic hydroxyl groups is 1. The number of aliphatic carboxylic acids is 1. The summed E-state index contributed by atoms with van der Waals surface area (Å²) in [7, 11) is 0. The van der Waals surface area contributed by atoms with Crippen LogP contribution >= 0.6 is 0 Å². The smallest absolute Gasteiger partial charge is 0.352 e. The molecule has 3 aliphatic heterocycles. The number of rotatable bonds is 8. The van der Waals surface area contributed by atoms with Crippen LogP contribution in [0.5, 0.6) is 0 Å². The zero-order valence-electron chi connectivity index (χ0n) is 18.7. The SMILES string of the molecule is CC(NC(=O)Cn1cnnn1)[C@H]1C(=O)N2C(C(=O)O)=C(CN3C[C@H](NC(=N)N)[C@@H](O)C3)[C@H](C)[C@H]12. The topological polar surface area (TPSA) is 216 Å². The summed E-state index contributed by atoms with van der Waals surface area (Å²) in [6.07, 6.45) is 0.539. The van der Waals surface area contributed by atoms with Crippen LogP contribution in [0, 0.1) is 17.2 Å². The highest BCUT2D eigenvalue weighted by Crippen LogP contribution is 2.47. The van der Waals surface area contributed by atoms with Crippen molar-refractivity contribution < 1.29 is 24.6 Å². The summed E-state index contributed by atoms with van der Waals surface area (Å²) in [5.74, 6) is -2.99. The van der Waals surface area contributed by atoms with Crippen LogP contribution < -0.4 is 16.4 Å². The van der Waals surface area contributed by atoms with Gasteiger partial charge in [0.25, 0.3) is 0 Å². The molecule has 4 rings (SSSR count). The minimum Gasteiger partial charge on any atom is -0.477 e. The summed E-state index contributed by atoms with van der Waals surface area (Å²) in [5, 5.41) is 43.6. The Morgan fingerprint density at radius 1 is 1.38 bits per heavy atom. The van der Waals surface area contributed by atoms with Gasteiger partial charge in [-0.15, -0.1) is 5.10 Å². The average Bonchev–Trinajstić information content (AvgIpc) is 3.41. The second-order valence-corrected chi connectivity index (χ2v) is 8.98. The van der Waals surface area contributed by atoms with E-state index in [-0.39, 0.29) is 49.0 Å². The molecule has 0 bridgehead atoms. The third kappa shape index (κ3) is 4.19. The van der Waals surface area contributed by atoms with E-state index in [4.69, 9.17) is 11.1 Å². The zero-order chi connectivity index (χ0) is 24.7. The summed E-state index contributed by atoms with van der Waals surface area (Å²) < 4.78 is 1.26. The second kappa shape index (κ2) is 8.98. The van der Waals surface area contributed by atoms with Crippen LogP contribution in [0.1, 0.15) is 13.8 Å². The molecule has 15 heteroatoms. The first-order valence-electron chi connectivity index (χ1n) is 10.9. The van der Waals surface area contributed by atoms with E-state index in [0.29, 0.717) is 12.1 Å². The predicted molar refractivity (Wildman–Crippen MR) is 115 cm³/mol. The molecule has 2 saturated heterocycles. The van der Waals surface area contributed by atoms with Crippen LogP contribution in [-0.2, 0) is 20.9 Å². The Labute approximate surface area is 194 Å². The number of carboxylic acids is 1. The number of hydrogen-bond acceptors (Lipinski definition) is 9. The minimum atomic E-state index is -1.19. The molecule has 15 nitrogen and oxygen atoms in total. The predicted octanol–water partition coefficient (Wildman–Crippen LogP) is -3.48. The molecule has 0 saturated carbocycles. The minimum absolute atomic E-state index is 0.0385. The van der Waals surface area contributed by atoms with Crippen LogP contribution in [0.3, 0.4) is 0 Å². The molecular formula is C19H28N10O5. The number of aliphatic hydroxyl groups excluding tert-OH is 1. The van der Waals surface area contributed by atoms with Crippen molar-refractivity contribution in [2.75, 3.05) is 19.6 Å². The van der Waals surface area contributed by atoms with Crippen LogP contribution in [-0.4, -0.2) is 108 Å². The van der Waals surface area contributed by atoms with Crippen molar-refractivity contribution in [3.63, 3.8) is 0 Å². The van der Waals surface area contributed by atoms with E-state index >= 15 is 0 Å². The van der Waals surface area contributed by atoms with E-state index in [9.17, 15) is 24.6 Å². The number of nitrogens with zero attached hydrogens (tertiary/aromatic N) is 6. The maximum atomic E-state index is 13.0. The Morgan fingerprint density at radius 2 is 2.12 bits per heavy atom. The zero-order valence-corrected chi connectivity index (χ0v) is 18.7. The number of carboxylic acid groups (broad SMARTS) is 1. The molecular weight excluding hydrogens is 448 g/mol.